The monoisotopic (exact) mass is 347 g/mol. The number of carbonyl (C=O) groups is 1. The first-order valence-corrected chi connectivity index (χ1v) is 9.39. The van der Waals surface area contributed by atoms with Crippen LogP contribution < -0.4 is 4.72 Å². The average Bonchev–Trinajstić information content (AvgIpc) is 2.92. The number of amides is 1. The lowest BCUT2D eigenvalue weighted by Gasteiger charge is -2.26. The second-order valence-electron chi connectivity index (χ2n) is 6.12. The molecule has 2 heterocycles. The van der Waals surface area contributed by atoms with E-state index in [1.165, 1.54) is 12.3 Å². The number of nitrogens with one attached hydrogen (secondary N) is 1. The van der Waals surface area contributed by atoms with Crippen molar-refractivity contribution < 1.29 is 13.2 Å². The van der Waals surface area contributed by atoms with Crippen LogP contribution >= 0.6 is 0 Å². The zero-order valence-electron chi connectivity index (χ0n) is 14.0. The first-order valence-electron chi connectivity index (χ1n) is 7.90. The normalized spacial score (nSPS) is 14.6. The quantitative estimate of drug-likeness (QED) is 0.923. The topological polar surface area (TPSA) is 71.4 Å². The van der Waals surface area contributed by atoms with Gasteiger partial charge in [-0.2, -0.15) is 0 Å². The molecule has 0 unspecified atom stereocenters. The van der Waals surface area contributed by atoms with E-state index in [1.54, 1.807) is 21.6 Å². The van der Waals surface area contributed by atoms with Gasteiger partial charge in [0, 0.05) is 31.5 Å². The number of rotatable bonds is 4. The predicted octanol–water partition coefficient (Wildman–Crippen LogP) is 2.38. The SMILES string of the molecule is CCN1CCn2cc(S(=O)(=O)Nc3cc(C)cc(C)c3)cc2C1=O. The molecule has 3 rings (SSSR count). The number of hydrogen-bond acceptors (Lipinski definition) is 3. The lowest BCUT2D eigenvalue weighted by molar-refractivity contribution is 0.0715. The minimum atomic E-state index is -3.73. The fraction of sp³-hybridized carbons (Fsp3) is 0.353. The van der Waals surface area contributed by atoms with Gasteiger partial charge in [0.2, 0.25) is 0 Å². The number of aromatic nitrogens is 1. The Bertz CT molecular complexity index is 880. The van der Waals surface area contributed by atoms with Gasteiger partial charge in [0.05, 0.1) is 0 Å². The highest BCUT2D eigenvalue weighted by atomic mass is 32.2. The van der Waals surface area contributed by atoms with Crippen molar-refractivity contribution in [3.8, 4) is 0 Å². The summed E-state index contributed by atoms with van der Waals surface area (Å²) in [6.45, 7) is 7.57. The van der Waals surface area contributed by atoms with E-state index in [1.807, 2.05) is 26.8 Å². The Balaban J connectivity index is 1.93. The second-order valence-corrected chi connectivity index (χ2v) is 7.80. The van der Waals surface area contributed by atoms with Crippen LogP contribution in [0.1, 0.15) is 28.5 Å². The Morgan fingerprint density at radius 2 is 1.75 bits per heavy atom. The lowest BCUT2D eigenvalue weighted by Crippen LogP contribution is -2.39. The van der Waals surface area contributed by atoms with E-state index in [4.69, 9.17) is 0 Å². The van der Waals surface area contributed by atoms with Gasteiger partial charge in [-0.1, -0.05) is 6.07 Å². The summed E-state index contributed by atoms with van der Waals surface area (Å²) in [7, 11) is -3.73. The molecule has 0 bridgehead atoms. The molecule has 0 saturated carbocycles. The van der Waals surface area contributed by atoms with Crippen LogP contribution in [0, 0.1) is 13.8 Å². The van der Waals surface area contributed by atoms with Crippen LogP contribution in [-0.2, 0) is 16.6 Å². The van der Waals surface area contributed by atoms with E-state index >= 15 is 0 Å². The fourth-order valence-electron chi connectivity index (χ4n) is 3.04. The molecule has 0 radical (unpaired) electrons. The van der Waals surface area contributed by atoms with Crippen LogP contribution in [0.5, 0.6) is 0 Å². The molecule has 0 spiro atoms. The summed E-state index contributed by atoms with van der Waals surface area (Å²) in [5.41, 5.74) is 2.91. The number of fused-ring (bicyclic) bond motifs is 1. The fourth-order valence-corrected chi connectivity index (χ4v) is 4.11. The molecule has 1 aliphatic rings. The van der Waals surface area contributed by atoms with Crippen molar-refractivity contribution in [1.29, 1.82) is 0 Å². The first kappa shape index (κ1) is 16.6. The van der Waals surface area contributed by atoms with Crippen molar-refractivity contribution in [1.82, 2.24) is 9.47 Å². The van der Waals surface area contributed by atoms with Gasteiger partial charge in [-0.25, -0.2) is 8.42 Å². The predicted molar refractivity (Wildman–Crippen MR) is 92.7 cm³/mol. The molecule has 0 saturated heterocycles. The van der Waals surface area contributed by atoms with Crippen LogP contribution in [0.3, 0.4) is 0 Å². The summed E-state index contributed by atoms with van der Waals surface area (Å²) in [5, 5.41) is 0. The van der Waals surface area contributed by atoms with Gasteiger partial charge in [-0.05, 0) is 50.1 Å². The lowest BCUT2D eigenvalue weighted by atomic mass is 10.1. The molecule has 0 atom stereocenters. The third kappa shape index (κ3) is 3.03. The largest absolute Gasteiger partial charge is 0.340 e. The molecule has 128 valence electrons. The van der Waals surface area contributed by atoms with E-state index in [-0.39, 0.29) is 10.8 Å². The third-order valence-electron chi connectivity index (χ3n) is 4.15. The third-order valence-corrected chi connectivity index (χ3v) is 5.50. The average molecular weight is 347 g/mol. The molecule has 1 aromatic carbocycles. The van der Waals surface area contributed by atoms with Crippen molar-refractivity contribution in [2.24, 2.45) is 0 Å². The van der Waals surface area contributed by atoms with Crippen molar-refractivity contribution in [3.05, 3.63) is 47.3 Å². The summed E-state index contributed by atoms with van der Waals surface area (Å²) in [6.07, 6.45) is 1.53. The minimum Gasteiger partial charge on any atom is -0.340 e. The first-order chi connectivity index (χ1) is 11.3. The number of carbonyl (C=O) groups excluding carboxylic acids is 1. The van der Waals surface area contributed by atoms with Gasteiger partial charge >= 0.3 is 0 Å². The zero-order valence-corrected chi connectivity index (χ0v) is 14.9. The number of sulfonamides is 1. The molecule has 1 amide bonds. The Morgan fingerprint density at radius 1 is 1.08 bits per heavy atom. The van der Waals surface area contributed by atoms with E-state index in [2.05, 4.69) is 4.72 Å². The minimum absolute atomic E-state index is 0.114. The molecule has 24 heavy (non-hydrogen) atoms. The highest BCUT2D eigenvalue weighted by Crippen LogP contribution is 2.23. The Kier molecular flexibility index (Phi) is 4.13. The molecule has 0 fully saturated rings. The van der Waals surface area contributed by atoms with Crippen LogP contribution in [-0.4, -0.2) is 36.9 Å². The molecule has 1 aliphatic heterocycles. The summed E-state index contributed by atoms with van der Waals surface area (Å²) in [4.78, 5) is 14.2. The van der Waals surface area contributed by atoms with Crippen LogP contribution in [0.15, 0.2) is 35.4 Å². The maximum Gasteiger partial charge on any atom is 0.270 e. The maximum atomic E-state index is 12.7. The number of nitrogens with zero attached hydrogens (tertiary/aromatic N) is 2. The van der Waals surface area contributed by atoms with Gasteiger partial charge in [0.15, 0.2) is 0 Å². The number of hydrogen-bond donors (Lipinski definition) is 1. The van der Waals surface area contributed by atoms with E-state index in [0.29, 0.717) is 31.0 Å². The Hall–Kier alpha value is -2.28. The van der Waals surface area contributed by atoms with Gasteiger partial charge in [-0.3, -0.25) is 9.52 Å². The van der Waals surface area contributed by atoms with E-state index < -0.39 is 10.0 Å². The second kappa shape index (κ2) is 5.98. The number of anilines is 1. The van der Waals surface area contributed by atoms with Gasteiger partial charge in [0.1, 0.15) is 10.6 Å². The molecule has 2 aromatic rings. The van der Waals surface area contributed by atoms with Gasteiger partial charge < -0.3 is 9.47 Å². The zero-order chi connectivity index (χ0) is 17.5. The standard InChI is InChI=1S/C17H21N3O3S/c1-4-19-5-6-20-11-15(10-16(20)17(19)21)24(22,23)18-14-8-12(2)7-13(3)9-14/h7-11,18H,4-6H2,1-3H3. The molecular formula is C17H21N3O3S. The van der Waals surface area contributed by atoms with Crippen LogP contribution in [0.25, 0.3) is 0 Å². The highest BCUT2D eigenvalue weighted by molar-refractivity contribution is 7.92. The summed E-state index contributed by atoms with van der Waals surface area (Å²) < 4.78 is 29.6. The van der Waals surface area contributed by atoms with Crippen LogP contribution in [0.4, 0.5) is 5.69 Å². The molecule has 6 nitrogen and oxygen atoms in total. The summed E-state index contributed by atoms with van der Waals surface area (Å²) >= 11 is 0. The number of aryl methyl sites for hydroxylation is 2. The number of likely N-dealkylation sites (N-methyl/N-ethyl adjacent to an activating group) is 1. The van der Waals surface area contributed by atoms with E-state index in [0.717, 1.165) is 11.1 Å². The smallest absolute Gasteiger partial charge is 0.270 e. The maximum absolute atomic E-state index is 12.7. The van der Waals surface area contributed by atoms with Crippen molar-refractivity contribution in [3.63, 3.8) is 0 Å². The molecule has 7 heteroatoms. The molecule has 1 aromatic heterocycles. The summed E-state index contributed by atoms with van der Waals surface area (Å²) in [6, 6.07) is 7.00. The Morgan fingerprint density at radius 3 is 2.38 bits per heavy atom. The van der Waals surface area contributed by atoms with Crippen molar-refractivity contribution in [2.45, 2.75) is 32.2 Å². The van der Waals surface area contributed by atoms with Gasteiger partial charge in [0.25, 0.3) is 15.9 Å². The van der Waals surface area contributed by atoms with Gasteiger partial charge in [-0.15, -0.1) is 0 Å². The molecule has 1 N–H and O–H groups in total. The highest BCUT2D eigenvalue weighted by Gasteiger charge is 2.27. The number of benzene rings is 1. The van der Waals surface area contributed by atoms with Crippen molar-refractivity contribution in [2.75, 3.05) is 17.8 Å². The Labute approximate surface area is 142 Å². The molecular weight excluding hydrogens is 326 g/mol. The summed E-state index contributed by atoms with van der Waals surface area (Å²) in [5.74, 6) is -0.128. The van der Waals surface area contributed by atoms with E-state index in [9.17, 15) is 13.2 Å². The molecule has 0 aliphatic carbocycles. The van der Waals surface area contributed by atoms with Crippen molar-refractivity contribution >= 4 is 21.6 Å². The van der Waals surface area contributed by atoms with Crippen LogP contribution in [0.2, 0.25) is 0 Å².